The Bertz CT molecular complexity index is 1130. The average molecular weight is 491 g/mol. The number of anilines is 1. The Kier molecular flexibility index (Phi) is 6.41. The van der Waals surface area contributed by atoms with E-state index in [4.69, 9.17) is 0 Å². The van der Waals surface area contributed by atoms with Crippen molar-refractivity contribution in [1.82, 2.24) is 20.1 Å². The predicted octanol–water partition coefficient (Wildman–Crippen LogP) is 2.43. The molecular formula is C23H24F3N5O4. The molecule has 186 valence electrons. The zero-order valence-electron chi connectivity index (χ0n) is 19.1. The topological polar surface area (TPSA) is 95.1 Å². The summed E-state index contributed by atoms with van der Waals surface area (Å²) in [5, 5.41) is 2.66. The molecule has 9 nitrogen and oxygen atoms in total. The number of halogens is 3. The predicted molar refractivity (Wildman–Crippen MR) is 119 cm³/mol. The molecule has 3 heterocycles. The van der Waals surface area contributed by atoms with Gasteiger partial charge >= 0.3 is 12.4 Å². The molecule has 1 aromatic heterocycles. The minimum atomic E-state index is -4.86. The summed E-state index contributed by atoms with van der Waals surface area (Å²) < 4.78 is 41.1. The van der Waals surface area contributed by atoms with Gasteiger partial charge in [-0.25, -0.2) is 9.69 Å². The molecular weight excluding hydrogens is 467 g/mol. The number of aromatic nitrogens is 1. The van der Waals surface area contributed by atoms with Crippen LogP contribution in [-0.2, 0) is 11.2 Å². The fourth-order valence-corrected chi connectivity index (χ4v) is 4.17. The van der Waals surface area contributed by atoms with Gasteiger partial charge in [0.15, 0.2) is 0 Å². The molecule has 2 saturated heterocycles. The van der Waals surface area contributed by atoms with Crippen LogP contribution in [0.25, 0.3) is 0 Å². The molecule has 0 bridgehead atoms. The van der Waals surface area contributed by atoms with Crippen LogP contribution < -0.4 is 15.0 Å². The first kappa shape index (κ1) is 24.5. The third-order valence-corrected chi connectivity index (χ3v) is 6.07. The highest BCUT2D eigenvalue weighted by atomic mass is 19.4. The molecule has 0 aliphatic carbocycles. The number of alkyl halides is 3. The molecule has 2 aliphatic rings. The van der Waals surface area contributed by atoms with Crippen LogP contribution in [0.3, 0.4) is 0 Å². The second-order valence-corrected chi connectivity index (χ2v) is 8.75. The number of nitrogens with zero attached hydrogens (tertiary/aromatic N) is 4. The Morgan fingerprint density at radius 3 is 2.40 bits per heavy atom. The highest BCUT2D eigenvalue weighted by Crippen LogP contribution is 2.31. The van der Waals surface area contributed by atoms with E-state index in [9.17, 15) is 27.6 Å². The number of imide groups is 1. The van der Waals surface area contributed by atoms with Crippen molar-refractivity contribution in [2.75, 3.05) is 38.1 Å². The molecule has 2 aromatic rings. The van der Waals surface area contributed by atoms with E-state index in [1.807, 2.05) is 7.05 Å². The van der Waals surface area contributed by atoms with Crippen LogP contribution in [0.5, 0.6) is 5.75 Å². The number of likely N-dealkylation sites (N-methyl/N-ethyl adjacent to an activating group) is 1. The van der Waals surface area contributed by atoms with Gasteiger partial charge in [-0.3, -0.25) is 14.6 Å². The van der Waals surface area contributed by atoms with Gasteiger partial charge in [-0.15, -0.1) is 13.2 Å². The summed E-state index contributed by atoms with van der Waals surface area (Å²) in [6, 6.07) is 5.35. The number of piperazine rings is 1. The molecule has 2 aliphatic heterocycles. The van der Waals surface area contributed by atoms with Crippen molar-refractivity contribution in [1.29, 1.82) is 0 Å². The maximum absolute atomic E-state index is 13.3. The molecule has 12 heteroatoms. The lowest BCUT2D eigenvalue weighted by Crippen LogP contribution is -2.48. The minimum absolute atomic E-state index is 0.0285. The monoisotopic (exact) mass is 491 g/mol. The average Bonchev–Trinajstić information content (AvgIpc) is 3.01. The van der Waals surface area contributed by atoms with Gasteiger partial charge in [-0.2, -0.15) is 0 Å². The highest BCUT2D eigenvalue weighted by Gasteiger charge is 2.49. The number of nitrogens with one attached hydrogen (secondary N) is 1. The Morgan fingerprint density at radius 2 is 1.77 bits per heavy atom. The Balaban J connectivity index is 1.53. The number of carbonyl (C=O) groups is 3. The fraction of sp³-hybridized carbons (Fsp3) is 0.391. The first-order valence-electron chi connectivity index (χ1n) is 10.9. The van der Waals surface area contributed by atoms with Crippen molar-refractivity contribution in [2.45, 2.75) is 25.2 Å². The highest BCUT2D eigenvalue weighted by molar-refractivity contribution is 6.23. The summed E-state index contributed by atoms with van der Waals surface area (Å²) >= 11 is 0. The Hall–Kier alpha value is -3.67. The van der Waals surface area contributed by atoms with Gasteiger partial charge in [0.2, 0.25) is 0 Å². The molecule has 1 unspecified atom stereocenters. The van der Waals surface area contributed by atoms with E-state index in [-0.39, 0.29) is 18.0 Å². The molecule has 1 aromatic carbocycles. The number of urea groups is 1. The van der Waals surface area contributed by atoms with Gasteiger partial charge in [-0.1, -0.05) is 0 Å². The number of amides is 4. The molecule has 2 fully saturated rings. The van der Waals surface area contributed by atoms with Gasteiger partial charge in [-0.05, 0) is 49.9 Å². The fourth-order valence-electron chi connectivity index (χ4n) is 4.17. The molecule has 4 amide bonds. The number of pyridine rings is 1. The van der Waals surface area contributed by atoms with Gasteiger partial charge in [0.1, 0.15) is 11.3 Å². The van der Waals surface area contributed by atoms with Crippen LogP contribution in [0.4, 0.5) is 23.7 Å². The number of rotatable bonds is 5. The van der Waals surface area contributed by atoms with Crippen LogP contribution in [0, 0.1) is 0 Å². The smallest absolute Gasteiger partial charge is 0.406 e. The summed E-state index contributed by atoms with van der Waals surface area (Å²) in [6.07, 6.45) is -1.86. The van der Waals surface area contributed by atoms with E-state index in [1.165, 1.54) is 24.5 Å². The van der Waals surface area contributed by atoms with Gasteiger partial charge in [0.25, 0.3) is 11.8 Å². The van der Waals surface area contributed by atoms with E-state index in [2.05, 4.69) is 19.9 Å². The molecule has 1 N–H and O–H groups in total. The SMILES string of the molecule is CN1CCN(C(=O)c2cnccc2CC2(C)NC(=O)N(c3ccc(OC(F)(F)F)cc3)C2=O)CC1. The van der Waals surface area contributed by atoms with E-state index in [0.29, 0.717) is 24.2 Å². The van der Waals surface area contributed by atoms with E-state index in [1.54, 1.807) is 17.9 Å². The van der Waals surface area contributed by atoms with Gasteiger partial charge in [0, 0.05) is 45.0 Å². The standard InChI is InChI=1S/C23H24F3N5O4/c1-22(13-15-7-8-27-14-18(15)19(32)30-11-9-29(2)10-12-30)20(33)31(21(34)28-22)16-3-5-17(6-4-16)35-23(24,25)26/h3-8,14H,9-13H2,1-2H3,(H,28,34). The Morgan fingerprint density at radius 1 is 1.11 bits per heavy atom. The van der Waals surface area contributed by atoms with Crippen molar-refractivity contribution < 1.29 is 32.3 Å². The zero-order valence-corrected chi connectivity index (χ0v) is 19.1. The summed E-state index contributed by atoms with van der Waals surface area (Å²) in [6.45, 7) is 4.17. The Labute approximate surface area is 199 Å². The zero-order chi connectivity index (χ0) is 25.4. The van der Waals surface area contributed by atoms with Crippen molar-refractivity contribution >= 4 is 23.5 Å². The second kappa shape index (κ2) is 9.17. The quantitative estimate of drug-likeness (QED) is 0.646. The summed E-state index contributed by atoms with van der Waals surface area (Å²) in [4.78, 5) is 47.9. The van der Waals surface area contributed by atoms with E-state index >= 15 is 0 Å². The molecule has 35 heavy (non-hydrogen) atoms. The number of hydrogen-bond donors (Lipinski definition) is 1. The number of hydrogen-bond acceptors (Lipinski definition) is 6. The van der Waals surface area contributed by atoms with Crippen molar-refractivity contribution in [3.63, 3.8) is 0 Å². The molecule has 0 saturated carbocycles. The lowest BCUT2D eigenvalue weighted by molar-refractivity contribution is -0.274. The van der Waals surface area contributed by atoms with Crippen molar-refractivity contribution in [2.24, 2.45) is 0 Å². The molecule has 1 atom stereocenters. The molecule has 0 spiro atoms. The maximum Gasteiger partial charge on any atom is 0.573 e. The van der Waals surface area contributed by atoms with E-state index in [0.717, 1.165) is 30.1 Å². The number of benzene rings is 1. The third kappa shape index (κ3) is 5.21. The summed E-state index contributed by atoms with van der Waals surface area (Å²) in [7, 11) is 1.98. The maximum atomic E-state index is 13.3. The van der Waals surface area contributed by atoms with Crippen LogP contribution in [0.2, 0.25) is 0 Å². The van der Waals surface area contributed by atoms with Gasteiger partial charge < -0.3 is 19.9 Å². The first-order chi connectivity index (χ1) is 16.5. The minimum Gasteiger partial charge on any atom is -0.406 e. The second-order valence-electron chi connectivity index (χ2n) is 8.75. The van der Waals surface area contributed by atoms with Crippen LogP contribution in [0.1, 0.15) is 22.8 Å². The number of ether oxygens (including phenoxy) is 1. The molecule has 0 radical (unpaired) electrons. The van der Waals surface area contributed by atoms with Gasteiger partial charge in [0.05, 0.1) is 11.3 Å². The van der Waals surface area contributed by atoms with Crippen LogP contribution in [-0.4, -0.2) is 77.8 Å². The molecule has 4 rings (SSSR count). The normalized spacial score (nSPS) is 21.3. The largest absolute Gasteiger partial charge is 0.573 e. The lowest BCUT2D eigenvalue weighted by Gasteiger charge is -2.33. The summed E-state index contributed by atoms with van der Waals surface area (Å²) in [5.41, 5.74) is -0.381. The lowest BCUT2D eigenvalue weighted by atomic mass is 9.90. The van der Waals surface area contributed by atoms with Crippen LogP contribution in [0.15, 0.2) is 42.7 Å². The first-order valence-corrected chi connectivity index (χ1v) is 10.9. The summed E-state index contributed by atoms with van der Waals surface area (Å²) in [5.74, 6) is -1.26. The third-order valence-electron chi connectivity index (χ3n) is 6.07. The van der Waals surface area contributed by atoms with Crippen molar-refractivity contribution in [3.05, 3.63) is 53.9 Å². The van der Waals surface area contributed by atoms with Crippen LogP contribution >= 0.6 is 0 Å². The van der Waals surface area contributed by atoms with E-state index < -0.39 is 29.6 Å². The number of carbonyl (C=O) groups excluding carboxylic acids is 3. The van der Waals surface area contributed by atoms with Crippen molar-refractivity contribution in [3.8, 4) is 5.75 Å².